The molecule has 0 bridgehead atoms. The molecule has 2 N–H and O–H groups in total. The predicted molar refractivity (Wildman–Crippen MR) is 83.0 cm³/mol. The molecule has 6 heteroatoms. The highest BCUT2D eigenvalue weighted by atomic mass is 79.9. The Hall–Kier alpha value is -1.40. The summed E-state index contributed by atoms with van der Waals surface area (Å²) < 4.78 is 3.77. The van der Waals surface area contributed by atoms with Crippen molar-refractivity contribution in [3.8, 4) is 11.3 Å². The van der Waals surface area contributed by atoms with E-state index in [1.807, 2.05) is 29.7 Å². The summed E-state index contributed by atoms with van der Waals surface area (Å²) in [6.45, 7) is 2.02. The van der Waals surface area contributed by atoms with Crippen LogP contribution in [-0.4, -0.2) is 14.4 Å². The summed E-state index contributed by atoms with van der Waals surface area (Å²) in [5, 5.41) is 0. The van der Waals surface area contributed by atoms with Crippen molar-refractivity contribution >= 4 is 43.3 Å². The van der Waals surface area contributed by atoms with Gasteiger partial charge in [-0.25, -0.2) is 4.98 Å². The van der Waals surface area contributed by atoms with Gasteiger partial charge in [-0.2, -0.15) is 0 Å². The standard InChI is InChI=1S/C13H10Br2N4/c1-7-2-11-18-12(8-3-9(14)5-17-4-8)13(16)19(11)6-10(7)15/h2-6H,16H2,1H3. The van der Waals surface area contributed by atoms with E-state index in [0.717, 1.165) is 31.4 Å². The summed E-state index contributed by atoms with van der Waals surface area (Å²) in [5.41, 5.74) is 9.76. The van der Waals surface area contributed by atoms with Gasteiger partial charge in [0.2, 0.25) is 0 Å². The third-order valence-electron chi connectivity index (χ3n) is 2.92. The van der Waals surface area contributed by atoms with E-state index >= 15 is 0 Å². The molecule has 3 aromatic heterocycles. The maximum absolute atomic E-state index is 6.18. The first-order valence-electron chi connectivity index (χ1n) is 5.61. The highest BCUT2D eigenvalue weighted by molar-refractivity contribution is 9.10. The minimum atomic E-state index is 0.607. The van der Waals surface area contributed by atoms with Gasteiger partial charge in [-0.05, 0) is 56.5 Å². The van der Waals surface area contributed by atoms with Crippen molar-refractivity contribution in [2.45, 2.75) is 6.92 Å². The number of nitrogens with zero attached hydrogens (tertiary/aromatic N) is 3. The average Bonchev–Trinajstić information content (AvgIpc) is 2.68. The summed E-state index contributed by atoms with van der Waals surface area (Å²) in [7, 11) is 0. The number of fused-ring (bicyclic) bond motifs is 1. The summed E-state index contributed by atoms with van der Waals surface area (Å²) in [4.78, 5) is 8.73. The van der Waals surface area contributed by atoms with Crippen LogP contribution in [0, 0.1) is 6.92 Å². The van der Waals surface area contributed by atoms with Crippen molar-refractivity contribution in [3.05, 3.63) is 45.2 Å². The summed E-state index contributed by atoms with van der Waals surface area (Å²) in [6, 6.07) is 3.95. The first-order chi connectivity index (χ1) is 9.06. The van der Waals surface area contributed by atoms with E-state index in [0.29, 0.717) is 5.82 Å². The second-order valence-corrected chi connectivity index (χ2v) is 6.04. The maximum Gasteiger partial charge on any atom is 0.139 e. The van der Waals surface area contributed by atoms with Gasteiger partial charge >= 0.3 is 0 Å². The molecule has 0 aliphatic heterocycles. The number of hydrogen-bond acceptors (Lipinski definition) is 3. The number of aryl methyl sites for hydroxylation is 1. The molecule has 0 amide bonds. The van der Waals surface area contributed by atoms with Crippen molar-refractivity contribution < 1.29 is 0 Å². The molecule has 0 aromatic carbocycles. The number of pyridine rings is 2. The number of hydrogen-bond donors (Lipinski definition) is 1. The van der Waals surface area contributed by atoms with Crippen LogP contribution in [0.3, 0.4) is 0 Å². The summed E-state index contributed by atoms with van der Waals surface area (Å²) in [6.07, 6.45) is 5.42. The van der Waals surface area contributed by atoms with Gasteiger partial charge in [-0.1, -0.05) is 0 Å². The molecule has 96 valence electrons. The zero-order valence-electron chi connectivity index (χ0n) is 10.1. The molecule has 0 saturated heterocycles. The smallest absolute Gasteiger partial charge is 0.139 e. The van der Waals surface area contributed by atoms with Gasteiger partial charge in [0, 0.05) is 33.1 Å². The highest BCUT2D eigenvalue weighted by Crippen LogP contribution is 2.29. The lowest BCUT2D eigenvalue weighted by atomic mass is 10.2. The zero-order valence-corrected chi connectivity index (χ0v) is 13.2. The summed E-state index contributed by atoms with van der Waals surface area (Å²) in [5.74, 6) is 0.607. The number of imidazole rings is 1. The molecule has 3 heterocycles. The van der Waals surface area contributed by atoms with Crippen LogP contribution in [0.15, 0.2) is 39.7 Å². The first-order valence-corrected chi connectivity index (χ1v) is 7.19. The molecule has 19 heavy (non-hydrogen) atoms. The lowest BCUT2D eigenvalue weighted by Gasteiger charge is -2.01. The predicted octanol–water partition coefficient (Wildman–Crippen LogP) is 3.81. The molecular weight excluding hydrogens is 372 g/mol. The Labute approximate surface area is 126 Å². The SMILES string of the molecule is Cc1cc2nc(-c3cncc(Br)c3)c(N)n2cc1Br. The Morgan fingerprint density at radius 2 is 2.00 bits per heavy atom. The first kappa shape index (κ1) is 12.6. The molecule has 4 nitrogen and oxygen atoms in total. The number of nitrogen functional groups attached to an aromatic ring is 1. The van der Waals surface area contributed by atoms with E-state index < -0.39 is 0 Å². The van der Waals surface area contributed by atoms with Crippen LogP contribution in [0.25, 0.3) is 16.9 Å². The fourth-order valence-electron chi connectivity index (χ4n) is 1.93. The average molecular weight is 382 g/mol. The third-order valence-corrected chi connectivity index (χ3v) is 4.18. The number of aromatic nitrogens is 3. The molecule has 0 saturated carbocycles. The lowest BCUT2D eigenvalue weighted by molar-refractivity contribution is 1.16. The topological polar surface area (TPSA) is 56.2 Å². The van der Waals surface area contributed by atoms with Crippen molar-refractivity contribution in [1.29, 1.82) is 0 Å². The van der Waals surface area contributed by atoms with E-state index in [2.05, 4.69) is 41.8 Å². The Bertz CT molecular complexity index is 780. The quantitative estimate of drug-likeness (QED) is 0.697. The Balaban J connectivity index is 2.28. The Morgan fingerprint density at radius 1 is 1.21 bits per heavy atom. The molecule has 0 spiro atoms. The fraction of sp³-hybridized carbons (Fsp3) is 0.0769. The highest BCUT2D eigenvalue weighted by Gasteiger charge is 2.13. The molecule has 3 aromatic rings. The van der Waals surface area contributed by atoms with Crippen LogP contribution in [-0.2, 0) is 0 Å². The van der Waals surface area contributed by atoms with E-state index in [1.165, 1.54) is 0 Å². The van der Waals surface area contributed by atoms with Crippen LogP contribution < -0.4 is 5.73 Å². The monoisotopic (exact) mass is 380 g/mol. The molecule has 0 radical (unpaired) electrons. The van der Waals surface area contributed by atoms with Gasteiger partial charge in [0.1, 0.15) is 17.2 Å². The second-order valence-electron chi connectivity index (χ2n) is 4.27. The van der Waals surface area contributed by atoms with Crippen LogP contribution in [0.5, 0.6) is 0 Å². The Morgan fingerprint density at radius 3 is 2.74 bits per heavy atom. The molecule has 3 rings (SSSR count). The van der Waals surface area contributed by atoms with Gasteiger partial charge in [0.15, 0.2) is 0 Å². The fourth-order valence-corrected chi connectivity index (χ4v) is 2.62. The van der Waals surface area contributed by atoms with Crippen LogP contribution in [0.2, 0.25) is 0 Å². The molecule has 0 fully saturated rings. The van der Waals surface area contributed by atoms with E-state index in [-0.39, 0.29) is 0 Å². The number of nitrogens with two attached hydrogens (primary N) is 1. The molecule has 0 unspecified atom stereocenters. The minimum absolute atomic E-state index is 0.607. The van der Waals surface area contributed by atoms with Gasteiger partial charge in [0.25, 0.3) is 0 Å². The normalized spacial score (nSPS) is 11.1. The van der Waals surface area contributed by atoms with Gasteiger partial charge < -0.3 is 5.73 Å². The largest absolute Gasteiger partial charge is 0.383 e. The number of halogens is 2. The van der Waals surface area contributed by atoms with Crippen molar-refractivity contribution in [2.75, 3.05) is 5.73 Å². The number of rotatable bonds is 1. The van der Waals surface area contributed by atoms with Gasteiger partial charge in [-0.15, -0.1) is 0 Å². The van der Waals surface area contributed by atoms with Crippen molar-refractivity contribution in [3.63, 3.8) is 0 Å². The molecule has 0 aliphatic rings. The molecule has 0 atom stereocenters. The molecular formula is C13H10Br2N4. The minimum Gasteiger partial charge on any atom is -0.383 e. The van der Waals surface area contributed by atoms with Crippen LogP contribution in [0.1, 0.15) is 5.56 Å². The second kappa shape index (κ2) is 4.61. The van der Waals surface area contributed by atoms with Crippen molar-refractivity contribution in [1.82, 2.24) is 14.4 Å². The van der Waals surface area contributed by atoms with E-state index in [4.69, 9.17) is 5.73 Å². The van der Waals surface area contributed by atoms with E-state index in [9.17, 15) is 0 Å². The van der Waals surface area contributed by atoms with Crippen LogP contribution in [0.4, 0.5) is 5.82 Å². The zero-order chi connectivity index (χ0) is 13.6. The van der Waals surface area contributed by atoms with Gasteiger partial charge in [0.05, 0.1) is 0 Å². The van der Waals surface area contributed by atoms with Crippen LogP contribution >= 0.6 is 31.9 Å². The summed E-state index contributed by atoms with van der Waals surface area (Å²) >= 11 is 6.91. The van der Waals surface area contributed by atoms with Gasteiger partial charge in [-0.3, -0.25) is 9.38 Å². The maximum atomic E-state index is 6.18. The van der Waals surface area contributed by atoms with E-state index in [1.54, 1.807) is 12.4 Å². The van der Waals surface area contributed by atoms with Crippen molar-refractivity contribution in [2.24, 2.45) is 0 Å². The third kappa shape index (κ3) is 2.15. The number of anilines is 1. The molecule has 0 aliphatic carbocycles. The Kier molecular flexibility index (Phi) is 3.06. The lowest BCUT2D eigenvalue weighted by Crippen LogP contribution is -1.95.